The number of benzene rings is 4. The molecule has 0 aromatic heterocycles. The van der Waals surface area contributed by atoms with E-state index in [1.165, 1.54) is 17.0 Å². The minimum Gasteiger partial charge on any atom is -0.492 e. The Kier molecular flexibility index (Phi) is 11.4. The first-order chi connectivity index (χ1) is 21.2. The molecule has 1 atom stereocenters. The smallest absolute Gasteiger partial charge is 0.264 e. The van der Waals surface area contributed by atoms with Gasteiger partial charge in [0.25, 0.3) is 10.0 Å². The van der Waals surface area contributed by atoms with Crippen LogP contribution in [0.1, 0.15) is 25.0 Å². The van der Waals surface area contributed by atoms with E-state index in [1.807, 2.05) is 36.4 Å². The number of anilines is 1. The first-order valence-corrected chi connectivity index (χ1v) is 16.2. The van der Waals surface area contributed by atoms with Gasteiger partial charge in [0.1, 0.15) is 18.3 Å². The van der Waals surface area contributed by atoms with Gasteiger partial charge in [-0.25, -0.2) is 8.42 Å². The second-order valence-corrected chi connectivity index (χ2v) is 12.3. The third kappa shape index (κ3) is 8.18. The van der Waals surface area contributed by atoms with E-state index in [2.05, 4.69) is 5.32 Å². The van der Waals surface area contributed by atoms with Crippen LogP contribution in [0, 0.1) is 0 Å². The molecule has 0 aliphatic rings. The zero-order valence-corrected chi connectivity index (χ0v) is 26.3. The average Bonchev–Trinajstić information content (AvgIpc) is 3.03. The number of carbonyl (C=O) groups excluding carboxylic acids is 2. The quantitative estimate of drug-likeness (QED) is 0.192. The van der Waals surface area contributed by atoms with Crippen LogP contribution in [0.4, 0.5) is 5.69 Å². The molecule has 10 heteroatoms. The Hall–Kier alpha value is -4.34. The van der Waals surface area contributed by atoms with Crippen molar-refractivity contribution in [3.63, 3.8) is 0 Å². The van der Waals surface area contributed by atoms with Crippen LogP contribution in [0.15, 0.2) is 114 Å². The Bertz CT molecular complexity index is 1650. The van der Waals surface area contributed by atoms with Gasteiger partial charge in [-0.05, 0) is 61.4 Å². The number of hydrogen-bond acceptors (Lipinski definition) is 5. The molecule has 4 aromatic carbocycles. The summed E-state index contributed by atoms with van der Waals surface area (Å²) in [6.45, 7) is 3.71. The molecule has 0 radical (unpaired) electrons. The maximum Gasteiger partial charge on any atom is 0.264 e. The number of hydrogen-bond donors (Lipinski definition) is 1. The Morgan fingerprint density at radius 3 is 2.14 bits per heavy atom. The zero-order chi connectivity index (χ0) is 31.5. The molecule has 4 rings (SSSR count). The molecule has 0 saturated carbocycles. The van der Waals surface area contributed by atoms with E-state index in [0.29, 0.717) is 29.5 Å². The predicted molar refractivity (Wildman–Crippen MR) is 173 cm³/mol. The van der Waals surface area contributed by atoms with E-state index < -0.39 is 28.5 Å². The highest BCUT2D eigenvalue weighted by Gasteiger charge is 2.35. The maximum atomic E-state index is 14.5. The Morgan fingerprint density at radius 1 is 0.841 bits per heavy atom. The fraction of sp³-hybridized carbons (Fsp3) is 0.235. The van der Waals surface area contributed by atoms with Crippen LogP contribution in [0.5, 0.6) is 5.75 Å². The molecule has 0 bridgehead atoms. The highest BCUT2D eigenvalue weighted by molar-refractivity contribution is 7.92. The minimum absolute atomic E-state index is 0.0186. The second kappa shape index (κ2) is 15.4. The lowest BCUT2D eigenvalue weighted by Gasteiger charge is -2.34. The second-order valence-electron chi connectivity index (χ2n) is 9.98. The Morgan fingerprint density at radius 2 is 1.48 bits per heavy atom. The van der Waals surface area contributed by atoms with Crippen molar-refractivity contribution in [2.24, 2.45) is 0 Å². The van der Waals surface area contributed by atoms with Crippen molar-refractivity contribution in [2.75, 3.05) is 24.0 Å². The van der Waals surface area contributed by atoms with Gasteiger partial charge in [-0.15, -0.1) is 0 Å². The monoisotopic (exact) mass is 633 g/mol. The van der Waals surface area contributed by atoms with Crippen molar-refractivity contribution in [2.45, 2.75) is 37.8 Å². The lowest BCUT2D eigenvalue weighted by atomic mass is 10.0. The number of halogens is 1. The van der Waals surface area contributed by atoms with Crippen molar-refractivity contribution in [1.82, 2.24) is 10.2 Å². The molecule has 1 N–H and O–H groups in total. The number of carbonyl (C=O) groups is 2. The van der Waals surface area contributed by atoms with Crippen LogP contribution in [0.25, 0.3) is 0 Å². The first-order valence-electron chi connectivity index (χ1n) is 14.4. The maximum absolute atomic E-state index is 14.5. The van der Waals surface area contributed by atoms with Gasteiger partial charge in [0.05, 0.1) is 17.2 Å². The van der Waals surface area contributed by atoms with Gasteiger partial charge in [0.2, 0.25) is 11.8 Å². The summed E-state index contributed by atoms with van der Waals surface area (Å²) >= 11 is 6.28. The molecule has 0 aliphatic heterocycles. The number of amides is 2. The van der Waals surface area contributed by atoms with Gasteiger partial charge >= 0.3 is 0 Å². The largest absolute Gasteiger partial charge is 0.492 e. The van der Waals surface area contributed by atoms with Crippen molar-refractivity contribution in [3.05, 3.63) is 125 Å². The Balaban J connectivity index is 1.82. The zero-order valence-electron chi connectivity index (χ0n) is 24.7. The van der Waals surface area contributed by atoms with Gasteiger partial charge in [0, 0.05) is 24.5 Å². The number of likely N-dealkylation sites (N-methyl/N-ethyl adjacent to an activating group) is 1. The van der Waals surface area contributed by atoms with Crippen molar-refractivity contribution >= 4 is 39.1 Å². The van der Waals surface area contributed by atoms with Gasteiger partial charge < -0.3 is 15.0 Å². The summed E-state index contributed by atoms with van der Waals surface area (Å²) in [5.41, 5.74) is 1.76. The van der Waals surface area contributed by atoms with Crippen LogP contribution in [-0.4, -0.2) is 50.9 Å². The van der Waals surface area contributed by atoms with E-state index in [0.717, 1.165) is 9.87 Å². The Labute approximate surface area is 264 Å². The number of para-hydroxylation sites is 2. The van der Waals surface area contributed by atoms with Gasteiger partial charge in [-0.2, -0.15) is 0 Å². The molecule has 0 spiro atoms. The molecule has 0 fully saturated rings. The third-order valence-corrected chi connectivity index (χ3v) is 8.92. The summed E-state index contributed by atoms with van der Waals surface area (Å²) in [7, 11) is -4.23. The average molecular weight is 634 g/mol. The highest BCUT2D eigenvalue weighted by atomic mass is 35.5. The minimum atomic E-state index is -4.23. The first kappa shape index (κ1) is 32.6. The van der Waals surface area contributed by atoms with Crippen LogP contribution < -0.4 is 14.4 Å². The van der Waals surface area contributed by atoms with Crippen LogP contribution in [0.2, 0.25) is 5.02 Å². The third-order valence-electron chi connectivity index (χ3n) is 6.91. The fourth-order valence-electron chi connectivity index (χ4n) is 4.85. The molecule has 44 heavy (non-hydrogen) atoms. The number of rotatable bonds is 14. The van der Waals surface area contributed by atoms with E-state index in [4.69, 9.17) is 16.3 Å². The van der Waals surface area contributed by atoms with Crippen molar-refractivity contribution in [3.8, 4) is 5.75 Å². The highest BCUT2D eigenvalue weighted by Crippen LogP contribution is 2.33. The molecule has 0 heterocycles. The van der Waals surface area contributed by atoms with Gasteiger partial charge in [-0.1, -0.05) is 84.4 Å². The number of nitrogens with one attached hydrogen (secondary N) is 1. The van der Waals surface area contributed by atoms with E-state index in [-0.39, 0.29) is 29.5 Å². The summed E-state index contributed by atoms with van der Waals surface area (Å²) in [6, 6.07) is 30.1. The van der Waals surface area contributed by atoms with Crippen molar-refractivity contribution < 1.29 is 22.7 Å². The van der Waals surface area contributed by atoms with Crippen LogP contribution in [0.3, 0.4) is 0 Å². The lowest BCUT2D eigenvalue weighted by Crippen LogP contribution is -2.53. The normalized spacial score (nSPS) is 11.8. The molecule has 230 valence electrons. The van der Waals surface area contributed by atoms with Crippen LogP contribution in [-0.2, 0) is 32.6 Å². The molecule has 0 aliphatic carbocycles. The van der Waals surface area contributed by atoms with E-state index in [9.17, 15) is 18.0 Å². The summed E-state index contributed by atoms with van der Waals surface area (Å²) in [4.78, 5) is 29.5. The number of sulfonamides is 1. The molecule has 0 unspecified atom stereocenters. The van der Waals surface area contributed by atoms with E-state index >= 15 is 0 Å². The van der Waals surface area contributed by atoms with Gasteiger partial charge in [-0.3, -0.25) is 13.9 Å². The molecule has 0 saturated heterocycles. The number of nitrogens with zero attached hydrogens (tertiary/aromatic N) is 2. The summed E-state index contributed by atoms with van der Waals surface area (Å²) in [5.74, 6) is -0.602. The SMILES string of the molecule is CCNC(=O)[C@@H](Cc1ccccc1)N(Cc1cccc(Cl)c1)C(=O)CN(c1ccccc1OCC)S(=O)(=O)c1ccccc1. The standard InChI is InChI=1S/C34H36ClN3O5S/c1-3-36-34(40)31(23-26-14-7-5-8-15-26)37(24-27-16-13-17-28(35)22-27)33(39)25-38(30-20-11-12-21-32(30)43-4-2)44(41,42)29-18-9-6-10-19-29/h5-22,31H,3-4,23-25H2,1-2H3,(H,36,40)/t31-/m1/s1. The van der Waals surface area contributed by atoms with Gasteiger partial charge in [0.15, 0.2) is 0 Å². The molecule has 8 nitrogen and oxygen atoms in total. The van der Waals surface area contributed by atoms with Crippen LogP contribution >= 0.6 is 11.6 Å². The molecular formula is C34H36ClN3O5S. The summed E-state index contributed by atoms with van der Waals surface area (Å²) in [5, 5.41) is 3.33. The topological polar surface area (TPSA) is 96.0 Å². The summed E-state index contributed by atoms with van der Waals surface area (Å²) in [6.07, 6.45) is 0.222. The summed E-state index contributed by atoms with van der Waals surface area (Å²) < 4.78 is 35.1. The molecule has 4 aromatic rings. The predicted octanol–water partition coefficient (Wildman–Crippen LogP) is 5.71. The number of ether oxygens (including phenoxy) is 1. The van der Waals surface area contributed by atoms with Crippen molar-refractivity contribution in [1.29, 1.82) is 0 Å². The molecular weight excluding hydrogens is 598 g/mol. The van der Waals surface area contributed by atoms with E-state index in [1.54, 1.807) is 74.5 Å². The molecule has 2 amide bonds. The fourth-order valence-corrected chi connectivity index (χ4v) is 6.51. The lowest BCUT2D eigenvalue weighted by molar-refractivity contribution is -0.140.